The minimum atomic E-state index is -0.428. The van der Waals surface area contributed by atoms with Gasteiger partial charge in [0.05, 0.1) is 11.0 Å². The van der Waals surface area contributed by atoms with Crippen LogP contribution in [0.25, 0.3) is 11.0 Å². The van der Waals surface area contributed by atoms with Crippen molar-refractivity contribution >= 4 is 22.8 Å². The van der Waals surface area contributed by atoms with Gasteiger partial charge in [-0.25, -0.2) is 4.79 Å². The summed E-state index contributed by atoms with van der Waals surface area (Å²) in [5.74, 6) is -0.0253. The van der Waals surface area contributed by atoms with Crippen molar-refractivity contribution in [1.29, 1.82) is 0 Å². The first-order valence-corrected chi connectivity index (χ1v) is 10.7. The first-order chi connectivity index (χ1) is 14.0. The van der Waals surface area contributed by atoms with Crippen molar-refractivity contribution < 1.29 is 9.59 Å². The standard InChI is InChI=1S/C22H30N4O3/c1-24(12-11-20(23)27)21(28)16-9-10-18-19(13-16)25(14-15-7-8-15)22(29)26(18)17-5-3-2-4-6-17/h9-10,13,15,17H,2-8,11-12,14H2,1H3,(H2,23,27). The predicted octanol–water partition coefficient (Wildman–Crippen LogP) is 2.67. The van der Waals surface area contributed by atoms with Gasteiger partial charge >= 0.3 is 5.69 Å². The van der Waals surface area contributed by atoms with Gasteiger partial charge in [-0.1, -0.05) is 19.3 Å². The minimum Gasteiger partial charge on any atom is -0.370 e. The van der Waals surface area contributed by atoms with E-state index in [0.29, 0.717) is 11.5 Å². The van der Waals surface area contributed by atoms with Gasteiger partial charge < -0.3 is 10.6 Å². The molecule has 1 heterocycles. The van der Waals surface area contributed by atoms with E-state index in [1.165, 1.54) is 11.3 Å². The molecule has 1 aromatic heterocycles. The third-order valence-corrected chi connectivity index (χ3v) is 6.33. The Balaban J connectivity index is 1.71. The second-order valence-electron chi connectivity index (χ2n) is 8.64. The van der Waals surface area contributed by atoms with E-state index in [-0.39, 0.29) is 30.6 Å². The molecule has 2 saturated carbocycles. The van der Waals surface area contributed by atoms with Crippen LogP contribution in [0.5, 0.6) is 0 Å². The molecular formula is C22H30N4O3. The van der Waals surface area contributed by atoms with Crippen LogP contribution in [0, 0.1) is 5.92 Å². The maximum atomic E-state index is 13.3. The second-order valence-corrected chi connectivity index (χ2v) is 8.64. The summed E-state index contributed by atoms with van der Waals surface area (Å²) in [7, 11) is 1.67. The summed E-state index contributed by atoms with van der Waals surface area (Å²) in [4.78, 5) is 38.7. The molecule has 2 amide bonds. The van der Waals surface area contributed by atoms with Crippen molar-refractivity contribution in [3.05, 3.63) is 34.2 Å². The van der Waals surface area contributed by atoms with Gasteiger partial charge in [-0.05, 0) is 49.8 Å². The van der Waals surface area contributed by atoms with Crippen molar-refractivity contribution in [2.24, 2.45) is 11.7 Å². The molecule has 0 saturated heterocycles. The molecule has 2 fully saturated rings. The number of carbonyl (C=O) groups is 2. The lowest BCUT2D eigenvalue weighted by atomic mass is 9.95. The monoisotopic (exact) mass is 398 g/mol. The van der Waals surface area contributed by atoms with Gasteiger partial charge in [0.2, 0.25) is 5.91 Å². The molecule has 0 unspecified atom stereocenters. The summed E-state index contributed by atoms with van der Waals surface area (Å²) >= 11 is 0. The van der Waals surface area contributed by atoms with Gasteiger partial charge in [0.25, 0.3) is 5.91 Å². The highest BCUT2D eigenvalue weighted by atomic mass is 16.2. The first kappa shape index (κ1) is 19.7. The highest BCUT2D eigenvalue weighted by Gasteiger charge is 2.28. The van der Waals surface area contributed by atoms with Crippen molar-refractivity contribution in [3.8, 4) is 0 Å². The van der Waals surface area contributed by atoms with Crippen LogP contribution in [0.1, 0.15) is 67.8 Å². The molecule has 2 N–H and O–H groups in total. The van der Waals surface area contributed by atoms with Crippen LogP contribution in [0.3, 0.4) is 0 Å². The van der Waals surface area contributed by atoms with Crippen LogP contribution in [0.4, 0.5) is 0 Å². The van der Waals surface area contributed by atoms with E-state index in [0.717, 1.165) is 56.1 Å². The summed E-state index contributed by atoms with van der Waals surface area (Å²) in [6.07, 6.45) is 8.10. The van der Waals surface area contributed by atoms with Crippen molar-refractivity contribution in [2.75, 3.05) is 13.6 Å². The number of amides is 2. The SMILES string of the molecule is CN(CCC(N)=O)C(=O)c1ccc2c(c1)n(CC1CC1)c(=O)n2C1CCCCC1. The Kier molecular flexibility index (Phi) is 5.48. The number of nitrogens with zero attached hydrogens (tertiary/aromatic N) is 3. The molecule has 7 nitrogen and oxygen atoms in total. The van der Waals surface area contributed by atoms with E-state index in [2.05, 4.69) is 0 Å². The molecule has 2 aromatic rings. The Morgan fingerprint density at radius 3 is 2.48 bits per heavy atom. The largest absolute Gasteiger partial charge is 0.370 e. The van der Waals surface area contributed by atoms with Crippen molar-refractivity contribution in [3.63, 3.8) is 0 Å². The Hall–Kier alpha value is -2.57. The fourth-order valence-corrected chi connectivity index (χ4v) is 4.44. The number of carbonyl (C=O) groups excluding carboxylic acids is 2. The maximum absolute atomic E-state index is 13.3. The smallest absolute Gasteiger partial charge is 0.329 e. The summed E-state index contributed by atoms with van der Waals surface area (Å²) in [6, 6.07) is 5.82. The third kappa shape index (κ3) is 4.09. The zero-order valence-corrected chi connectivity index (χ0v) is 17.1. The number of hydrogen-bond donors (Lipinski definition) is 1. The molecule has 1 aromatic carbocycles. The number of fused-ring (bicyclic) bond motifs is 1. The molecule has 0 spiro atoms. The molecule has 2 aliphatic rings. The van der Waals surface area contributed by atoms with E-state index in [9.17, 15) is 14.4 Å². The molecule has 29 heavy (non-hydrogen) atoms. The van der Waals surface area contributed by atoms with Crippen LogP contribution in [0.15, 0.2) is 23.0 Å². The topological polar surface area (TPSA) is 90.3 Å². The van der Waals surface area contributed by atoms with E-state index >= 15 is 0 Å². The summed E-state index contributed by atoms with van der Waals surface area (Å²) in [5, 5.41) is 0. The number of imidazole rings is 1. The van der Waals surface area contributed by atoms with Crippen LogP contribution < -0.4 is 11.4 Å². The van der Waals surface area contributed by atoms with E-state index in [1.54, 1.807) is 13.1 Å². The Morgan fingerprint density at radius 1 is 1.10 bits per heavy atom. The van der Waals surface area contributed by atoms with Crippen LogP contribution >= 0.6 is 0 Å². The molecule has 7 heteroatoms. The number of benzene rings is 1. The van der Waals surface area contributed by atoms with Gasteiger partial charge in [-0.2, -0.15) is 0 Å². The zero-order chi connectivity index (χ0) is 20.5. The van der Waals surface area contributed by atoms with E-state index in [4.69, 9.17) is 5.73 Å². The number of hydrogen-bond acceptors (Lipinski definition) is 3. The molecule has 2 aliphatic carbocycles. The lowest BCUT2D eigenvalue weighted by molar-refractivity contribution is -0.118. The molecule has 0 aliphatic heterocycles. The van der Waals surface area contributed by atoms with E-state index < -0.39 is 5.91 Å². The molecule has 0 atom stereocenters. The predicted molar refractivity (Wildman–Crippen MR) is 112 cm³/mol. The normalized spacial score (nSPS) is 17.6. The summed E-state index contributed by atoms with van der Waals surface area (Å²) in [6.45, 7) is 1.01. The van der Waals surface area contributed by atoms with Gasteiger partial charge in [-0.15, -0.1) is 0 Å². The third-order valence-electron chi connectivity index (χ3n) is 6.33. The Labute approximate surface area is 170 Å². The Morgan fingerprint density at radius 2 is 1.83 bits per heavy atom. The first-order valence-electron chi connectivity index (χ1n) is 10.7. The molecular weight excluding hydrogens is 368 g/mol. The molecule has 4 rings (SSSR count). The second kappa shape index (κ2) is 8.05. The lowest BCUT2D eigenvalue weighted by Crippen LogP contribution is -2.30. The fraction of sp³-hybridized carbons (Fsp3) is 0.591. The summed E-state index contributed by atoms with van der Waals surface area (Å²) in [5.41, 5.74) is 7.57. The van der Waals surface area contributed by atoms with Crippen molar-refractivity contribution in [2.45, 2.75) is 64.0 Å². The van der Waals surface area contributed by atoms with Gasteiger partial charge in [-0.3, -0.25) is 18.7 Å². The minimum absolute atomic E-state index is 0.0606. The number of rotatable bonds is 7. The van der Waals surface area contributed by atoms with Crippen LogP contribution in [-0.2, 0) is 11.3 Å². The number of nitrogens with two attached hydrogens (primary N) is 1. The lowest BCUT2D eigenvalue weighted by Gasteiger charge is -2.23. The quantitative estimate of drug-likeness (QED) is 0.777. The van der Waals surface area contributed by atoms with Gasteiger partial charge in [0.1, 0.15) is 0 Å². The molecule has 0 radical (unpaired) electrons. The summed E-state index contributed by atoms with van der Waals surface area (Å²) < 4.78 is 3.85. The van der Waals surface area contributed by atoms with Crippen molar-refractivity contribution in [1.82, 2.24) is 14.0 Å². The maximum Gasteiger partial charge on any atom is 0.329 e. The van der Waals surface area contributed by atoms with Crippen LogP contribution in [0.2, 0.25) is 0 Å². The highest BCUT2D eigenvalue weighted by Crippen LogP contribution is 2.34. The average Bonchev–Trinajstić information content (AvgIpc) is 3.50. The number of primary amides is 1. The highest BCUT2D eigenvalue weighted by molar-refractivity contribution is 5.97. The van der Waals surface area contributed by atoms with Crippen LogP contribution in [-0.4, -0.2) is 39.4 Å². The fourth-order valence-electron chi connectivity index (χ4n) is 4.44. The Bertz CT molecular complexity index is 980. The number of aromatic nitrogens is 2. The van der Waals surface area contributed by atoms with Gasteiger partial charge in [0.15, 0.2) is 0 Å². The van der Waals surface area contributed by atoms with E-state index in [1.807, 2.05) is 21.3 Å². The average molecular weight is 399 g/mol. The zero-order valence-electron chi connectivity index (χ0n) is 17.1. The van der Waals surface area contributed by atoms with Gasteiger partial charge in [0, 0.05) is 38.2 Å². The molecule has 0 bridgehead atoms. The molecule has 156 valence electrons.